The number of aromatic nitrogens is 1. The van der Waals surface area contributed by atoms with Gasteiger partial charge in [0.2, 0.25) is 11.8 Å². The number of piperidine rings is 1. The molecule has 6 heteroatoms. The Labute approximate surface area is 141 Å². The predicted molar refractivity (Wildman–Crippen MR) is 91.7 cm³/mol. The molecule has 128 valence electrons. The Bertz CT molecular complexity index is 686. The average molecular weight is 329 g/mol. The minimum atomic E-state index is -0.478. The highest BCUT2D eigenvalue weighted by molar-refractivity contribution is 5.96. The van der Waals surface area contributed by atoms with Gasteiger partial charge in [0.1, 0.15) is 6.26 Å². The number of nitrogens with zero attached hydrogens (tertiary/aromatic N) is 1. The van der Waals surface area contributed by atoms with Crippen LogP contribution in [0.1, 0.15) is 18.4 Å². The second kappa shape index (κ2) is 7.15. The van der Waals surface area contributed by atoms with Crippen LogP contribution < -0.4 is 10.6 Å². The summed E-state index contributed by atoms with van der Waals surface area (Å²) in [5, 5.41) is 6.35. The van der Waals surface area contributed by atoms with E-state index in [4.69, 9.17) is 9.15 Å². The molecule has 6 nitrogen and oxygen atoms in total. The molecule has 0 radical (unpaired) electrons. The number of methoxy groups -OCH3 is 1. The molecule has 1 saturated heterocycles. The molecular formula is C18H23N3O3. The summed E-state index contributed by atoms with van der Waals surface area (Å²) >= 11 is 0. The fraction of sp³-hybridized carbons (Fsp3) is 0.444. The van der Waals surface area contributed by atoms with Crippen molar-refractivity contribution >= 4 is 11.6 Å². The maximum absolute atomic E-state index is 12.9. The third kappa shape index (κ3) is 3.34. The largest absolute Gasteiger partial charge is 0.445 e. The van der Waals surface area contributed by atoms with Gasteiger partial charge in [-0.25, -0.2) is 4.98 Å². The first kappa shape index (κ1) is 16.7. The molecule has 2 aromatic rings. The second-order valence-electron chi connectivity index (χ2n) is 6.28. The van der Waals surface area contributed by atoms with Crippen LogP contribution in [0.3, 0.4) is 0 Å². The van der Waals surface area contributed by atoms with Gasteiger partial charge in [-0.15, -0.1) is 0 Å². The van der Waals surface area contributed by atoms with E-state index in [1.54, 1.807) is 19.6 Å². The maximum atomic E-state index is 12.9. The first-order valence-electron chi connectivity index (χ1n) is 8.16. The van der Waals surface area contributed by atoms with Crippen molar-refractivity contribution in [2.45, 2.75) is 19.8 Å². The highest BCUT2D eigenvalue weighted by Crippen LogP contribution is 2.32. The number of rotatable bonds is 5. The number of aryl methyl sites for hydroxylation is 1. The van der Waals surface area contributed by atoms with Crippen LogP contribution in [0.25, 0.3) is 11.5 Å². The van der Waals surface area contributed by atoms with E-state index < -0.39 is 5.41 Å². The summed E-state index contributed by atoms with van der Waals surface area (Å²) in [6, 6.07) is 5.77. The molecule has 1 aliphatic heterocycles. The van der Waals surface area contributed by atoms with Crippen molar-refractivity contribution in [2.75, 3.05) is 32.1 Å². The molecule has 1 aliphatic rings. The Kier molecular flexibility index (Phi) is 4.97. The minimum Gasteiger partial charge on any atom is -0.445 e. The lowest BCUT2D eigenvalue weighted by atomic mass is 9.78. The molecule has 0 atom stereocenters. The number of anilines is 1. The normalized spacial score (nSPS) is 16.8. The van der Waals surface area contributed by atoms with Crippen molar-refractivity contribution in [2.24, 2.45) is 5.41 Å². The van der Waals surface area contributed by atoms with E-state index in [1.807, 2.05) is 25.1 Å². The molecule has 0 aliphatic carbocycles. The highest BCUT2D eigenvalue weighted by Gasteiger charge is 2.39. The van der Waals surface area contributed by atoms with E-state index in [-0.39, 0.29) is 5.91 Å². The maximum Gasteiger partial charge on any atom is 0.233 e. The van der Waals surface area contributed by atoms with Crippen LogP contribution >= 0.6 is 0 Å². The molecule has 1 aromatic carbocycles. The van der Waals surface area contributed by atoms with Gasteiger partial charge in [0.05, 0.1) is 18.2 Å². The fourth-order valence-corrected chi connectivity index (χ4v) is 3.17. The first-order valence-corrected chi connectivity index (χ1v) is 8.16. The average Bonchev–Trinajstić information content (AvgIpc) is 3.12. The van der Waals surface area contributed by atoms with Crippen molar-refractivity contribution in [1.29, 1.82) is 0 Å². The molecule has 1 aromatic heterocycles. The number of benzene rings is 1. The molecular weight excluding hydrogens is 306 g/mol. The van der Waals surface area contributed by atoms with E-state index >= 15 is 0 Å². The Morgan fingerprint density at radius 1 is 1.42 bits per heavy atom. The van der Waals surface area contributed by atoms with Gasteiger partial charge in [0.15, 0.2) is 0 Å². The third-order valence-electron chi connectivity index (χ3n) is 4.62. The molecule has 3 rings (SSSR count). The van der Waals surface area contributed by atoms with Gasteiger partial charge in [-0.05, 0) is 50.6 Å². The number of ether oxygens (including phenoxy) is 1. The lowest BCUT2D eigenvalue weighted by Crippen LogP contribution is -2.47. The van der Waals surface area contributed by atoms with Crippen LogP contribution in [0.4, 0.5) is 5.69 Å². The van der Waals surface area contributed by atoms with Gasteiger partial charge in [-0.3, -0.25) is 4.79 Å². The van der Waals surface area contributed by atoms with Crippen LogP contribution in [0, 0.1) is 12.3 Å². The number of amides is 1. The Morgan fingerprint density at radius 3 is 2.88 bits per heavy atom. The standard InChI is InChI=1S/C18H23N3O3/c1-13-3-4-14(11-15(13)16-20-9-10-24-16)21-17(22)18(12-23-2)5-7-19-8-6-18/h3-4,9-11,19H,5-8,12H2,1-2H3,(H,21,22). The molecule has 0 bridgehead atoms. The molecule has 0 spiro atoms. The van der Waals surface area contributed by atoms with Crippen LogP contribution in [0.15, 0.2) is 35.1 Å². The van der Waals surface area contributed by atoms with E-state index in [0.717, 1.165) is 42.7 Å². The number of oxazole rings is 1. The Hall–Kier alpha value is -2.18. The smallest absolute Gasteiger partial charge is 0.233 e. The lowest BCUT2D eigenvalue weighted by molar-refractivity contribution is -0.130. The SMILES string of the molecule is COCC1(C(=O)Nc2ccc(C)c(-c3ncco3)c2)CCNCC1. The number of carbonyl (C=O) groups is 1. The van der Waals surface area contributed by atoms with E-state index in [2.05, 4.69) is 15.6 Å². The van der Waals surface area contributed by atoms with E-state index in [9.17, 15) is 4.79 Å². The summed E-state index contributed by atoms with van der Waals surface area (Å²) in [6.07, 6.45) is 4.70. The summed E-state index contributed by atoms with van der Waals surface area (Å²) in [5.41, 5.74) is 2.19. The van der Waals surface area contributed by atoms with Crippen LogP contribution in [0.5, 0.6) is 0 Å². The van der Waals surface area contributed by atoms with Crippen molar-refractivity contribution in [1.82, 2.24) is 10.3 Å². The van der Waals surface area contributed by atoms with E-state index in [0.29, 0.717) is 12.5 Å². The number of hydrogen-bond donors (Lipinski definition) is 2. The zero-order chi connectivity index (χ0) is 17.0. The Morgan fingerprint density at radius 2 is 2.21 bits per heavy atom. The zero-order valence-corrected chi connectivity index (χ0v) is 14.1. The van der Waals surface area contributed by atoms with Gasteiger partial charge in [-0.1, -0.05) is 6.07 Å². The summed E-state index contributed by atoms with van der Waals surface area (Å²) in [6.45, 7) is 4.07. The van der Waals surface area contributed by atoms with E-state index in [1.165, 1.54) is 0 Å². The minimum absolute atomic E-state index is 0.00746. The van der Waals surface area contributed by atoms with Crippen molar-refractivity contribution in [3.8, 4) is 11.5 Å². The summed E-state index contributed by atoms with van der Waals surface area (Å²) in [7, 11) is 1.64. The van der Waals surface area contributed by atoms with Gasteiger partial charge in [0, 0.05) is 18.4 Å². The van der Waals surface area contributed by atoms with Crippen molar-refractivity contribution in [3.63, 3.8) is 0 Å². The molecule has 2 heterocycles. The van der Waals surface area contributed by atoms with Crippen molar-refractivity contribution in [3.05, 3.63) is 36.2 Å². The number of hydrogen-bond acceptors (Lipinski definition) is 5. The van der Waals surface area contributed by atoms with Gasteiger partial charge in [0.25, 0.3) is 0 Å². The zero-order valence-electron chi connectivity index (χ0n) is 14.1. The quantitative estimate of drug-likeness (QED) is 0.882. The first-order chi connectivity index (χ1) is 11.6. The van der Waals surface area contributed by atoms with Gasteiger partial charge in [-0.2, -0.15) is 0 Å². The summed E-state index contributed by atoms with van der Waals surface area (Å²) in [5.74, 6) is 0.560. The number of nitrogens with one attached hydrogen (secondary N) is 2. The van der Waals surface area contributed by atoms with Crippen LogP contribution in [0.2, 0.25) is 0 Å². The fourth-order valence-electron chi connectivity index (χ4n) is 3.17. The van der Waals surface area contributed by atoms with Crippen LogP contribution in [-0.2, 0) is 9.53 Å². The monoisotopic (exact) mass is 329 g/mol. The second-order valence-corrected chi connectivity index (χ2v) is 6.28. The molecule has 24 heavy (non-hydrogen) atoms. The van der Waals surface area contributed by atoms with Gasteiger partial charge < -0.3 is 19.8 Å². The lowest BCUT2D eigenvalue weighted by Gasteiger charge is -2.35. The van der Waals surface area contributed by atoms with Gasteiger partial charge >= 0.3 is 0 Å². The predicted octanol–water partition coefficient (Wildman–Crippen LogP) is 2.60. The molecule has 1 amide bonds. The summed E-state index contributed by atoms with van der Waals surface area (Å²) < 4.78 is 10.7. The van der Waals surface area contributed by atoms with Crippen molar-refractivity contribution < 1.29 is 13.9 Å². The molecule has 2 N–H and O–H groups in total. The van der Waals surface area contributed by atoms with Crippen LogP contribution in [-0.4, -0.2) is 37.7 Å². The topological polar surface area (TPSA) is 76.4 Å². The summed E-state index contributed by atoms with van der Waals surface area (Å²) in [4.78, 5) is 17.1. The molecule has 0 unspecified atom stereocenters. The number of carbonyl (C=O) groups excluding carboxylic acids is 1. The Balaban J connectivity index is 1.82. The molecule has 0 saturated carbocycles. The molecule has 1 fully saturated rings. The highest BCUT2D eigenvalue weighted by atomic mass is 16.5. The third-order valence-corrected chi connectivity index (χ3v) is 4.62.